The van der Waals surface area contributed by atoms with Crippen molar-refractivity contribution in [2.75, 3.05) is 7.05 Å². The largest absolute Gasteiger partial charge is 0.314 e. The predicted octanol–water partition coefficient (Wildman–Crippen LogP) is 0.382. The lowest BCUT2D eigenvalue weighted by Gasteiger charge is -2.00. The number of hydrogen-bond donors (Lipinski definition) is 1. The molecule has 1 N–H and O–H groups in total. The Morgan fingerprint density at radius 1 is 1.36 bits per heavy atom. The van der Waals surface area contributed by atoms with E-state index in [0.717, 1.165) is 18.1 Å². The van der Waals surface area contributed by atoms with Crippen LogP contribution >= 0.6 is 0 Å². The second-order valence-electron chi connectivity index (χ2n) is 2.86. The van der Waals surface area contributed by atoms with Crippen molar-refractivity contribution >= 4 is 0 Å². The van der Waals surface area contributed by atoms with Crippen LogP contribution in [0.4, 0.5) is 0 Å². The number of rotatable bonds is 3. The van der Waals surface area contributed by atoms with Gasteiger partial charge in [-0.15, -0.1) is 5.10 Å². The first kappa shape index (κ1) is 8.83. The Labute approximate surface area is 81.8 Å². The lowest BCUT2D eigenvalue weighted by atomic mass is 10.4. The molecule has 0 saturated heterocycles. The summed E-state index contributed by atoms with van der Waals surface area (Å²) >= 11 is 0. The molecule has 0 atom stereocenters. The van der Waals surface area contributed by atoms with E-state index in [4.69, 9.17) is 0 Å². The van der Waals surface area contributed by atoms with Gasteiger partial charge in [0.1, 0.15) is 0 Å². The SMILES string of the molecule is CNCc1ccc(-n2cccn2)nn1. The summed E-state index contributed by atoms with van der Waals surface area (Å²) in [5.74, 6) is 0.731. The van der Waals surface area contributed by atoms with Gasteiger partial charge in [-0.3, -0.25) is 0 Å². The van der Waals surface area contributed by atoms with E-state index in [-0.39, 0.29) is 0 Å². The standard InChI is InChI=1S/C9H11N5/c1-10-7-8-3-4-9(13-12-8)14-6-2-5-11-14/h2-6,10H,7H2,1H3. The molecule has 0 amide bonds. The molecule has 2 aromatic rings. The highest BCUT2D eigenvalue weighted by Crippen LogP contribution is 2.01. The Bertz CT molecular complexity index is 378. The van der Waals surface area contributed by atoms with Crippen LogP contribution < -0.4 is 5.32 Å². The molecule has 2 rings (SSSR count). The summed E-state index contributed by atoms with van der Waals surface area (Å²) in [6.07, 6.45) is 3.55. The van der Waals surface area contributed by atoms with Crippen molar-refractivity contribution in [2.45, 2.75) is 6.54 Å². The van der Waals surface area contributed by atoms with Gasteiger partial charge in [0.25, 0.3) is 0 Å². The van der Waals surface area contributed by atoms with Gasteiger partial charge in [0, 0.05) is 18.9 Å². The van der Waals surface area contributed by atoms with Crippen molar-refractivity contribution in [1.29, 1.82) is 0 Å². The van der Waals surface area contributed by atoms with Crippen LogP contribution in [0, 0.1) is 0 Å². The average molecular weight is 189 g/mol. The maximum atomic E-state index is 4.06. The van der Waals surface area contributed by atoms with E-state index in [2.05, 4.69) is 20.6 Å². The van der Waals surface area contributed by atoms with Crippen LogP contribution in [0.2, 0.25) is 0 Å². The minimum absolute atomic E-state index is 0.729. The van der Waals surface area contributed by atoms with Gasteiger partial charge in [0.15, 0.2) is 5.82 Å². The van der Waals surface area contributed by atoms with Crippen LogP contribution in [0.1, 0.15) is 5.69 Å². The summed E-state index contributed by atoms with van der Waals surface area (Å²) < 4.78 is 1.68. The fourth-order valence-corrected chi connectivity index (χ4v) is 1.15. The third-order valence-corrected chi connectivity index (χ3v) is 1.80. The smallest absolute Gasteiger partial charge is 0.175 e. The van der Waals surface area contributed by atoms with Crippen molar-refractivity contribution in [3.8, 4) is 5.82 Å². The van der Waals surface area contributed by atoms with Gasteiger partial charge >= 0.3 is 0 Å². The van der Waals surface area contributed by atoms with Gasteiger partial charge in [-0.25, -0.2) is 4.68 Å². The number of hydrogen-bond acceptors (Lipinski definition) is 4. The predicted molar refractivity (Wildman–Crippen MR) is 51.9 cm³/mol. The molecule has 2 heterocycles. The van der Waals surface area contributed by atoms with Crippen molar-refractivity contribution < 1.29 is 0 Å². The van der Waals surface area contributed by atoms with E-state index in [1.165, 1.54) is 0 Å². The summed E-state index contributed by atoms with van der Waals surface area (Å²) in [4.78, 5) is 0. The highest BCUT2D eigenvalue weighted by Gasteiger charge is 1.98. The second-order valence-corrected chi connectivity index (χ2v) is 2.86. The fourth-order valence-electron chi connectivity index (χ4n) is 1.15. The Balaban J connectivity index is 2.22. The molecule has 5 nitrogen and oxygen atoms in total. The molecule has 5 heteroatoms. The van der Waals surface area contributed by atoms with E-state index < -0.39 is 0 Å². The van der Waals surface area contributed by atoms with Crippen molar-refractivity contribution in [2.24, 2.45) is 0 Å². The van der Waals surface area contributed by atoms with Gasteiger partial charge in [0.2, 0.25) is 0 Å². The third kappa shape index (κ3) is 1.77. The summed E-state index contributed by atoms with van der Waals surface area (Å²) in [6.45, 7) is 0.729. The second kappa shape index (κ2) is 3.97. The normalized spacial score (nSPS) is 10.4. The van der Waals surface area contributed by atoms with Gasteiger partial charge < -0.3 is 5.32 Å². The van der Waals surface area contributed by atoms with Crippen LogP contribution in [-0.2, 0) is 6.54 Å². The molecule has 2 aromatic heterocycles. The molecule has 72 valence electrons. The molecule has 0 spiro atoms. The molecule has 0 aliphatic rings. The third-order valence-electron chi connectivity index (χ3n) is 1.80. The summed E-state index contributed by atoms with van der Waals surface area (Å²) in [5.41, 5.74) is 0.920. The Hall–Kier alpha value is -1.75. The Morgan fingerprint density at radius 2 is 2.29 bits per heavy atom. The van der Waals surface area contributed by atoms with Crippen molar-refractivity contribution in [1.82, 2.24) is 25.3 Å². The van der Waals surface area contributed by atoms with Crippen LogP contribution in [0.5, 0.6) is 0 Å². The maximum absolute atomic E-state index is 4.06. The fraction of sp³-hybridized carbons (Fsp3) is 0.222. The lowest BCUT2D eigenvalue weighted by molar-refractivity contribution is 0.745. The first-order valence-corrected chi connectivity index (χ1v) is 4.37. The van der Waals surface area contributed by atoms with Crippen LogP contribution in [0.15, 0.2) is 30.6 Å². The molecule has 14 heavy (non-hydrogen) atoms. The van der Waals surface area contributed by atoms with Gasteiger partial charge in [-0.1, -0.05) is 0 Å². The summed E-state index contributed by atoms with van der Waals surface area (Å²) in [7, 11) is 1.88. The topological polar surface area (TPSA) is 55.6 Å². The minimum Gasteiger partial charge on any atom is -0.314 e. The molecule has 0 bridgehead atoms. The van der Waals surface area contributed by atoms with Crippen molar-refractivity contribution in [3.05, 3.63) is 36.3 Å². The molecule has 0 radical (unpaired) electrons. The molecular formula is C9H11N5. The maximum Gasteiger partial charge on any atom is 0.175 e. The van der Waals surface area contributed by atoms with Gasteiger partial charge in [0.05, 0.1) is 5.69 Å². The minimum atomic E-state index is 0.729. The van der Waals surface area contributed by atoms with E-state index in [0.29, 0.717) is 0 Å². The highest BCUT2D eigenvalue weighted by molar-refractivity contribution is 5.19. The Kier molecular flexibility index (Phi) is 2.51. The van der Waals surface area contributed by atoms with Crippen LogP contribution in [-0.4, -0.2) is 27.0 Å². The zero-order chi connectivity index (χ0) is 9.80. The number of nitrogens with one attached hydrogen (secondary N) is 1. The van der Waals surface area contributed by atoms with E-state index >= 15 is 0 Å². The quantitative estimate of drug-likeness (QED) is 0.758. The van der Waals surface area contributed by atoms with Crippen molar-refractivity contribution in [3.63, 3.8) is 0 Å². The number of aromatic nitrogens is 4. The zero-order valence-electron chi connectivity index (χ0n) is 7.88. The number of nitrogens with zero attached hydrogens (tertiary/aromatic N) is 4. The van der Waals surface area contributed by atoms with Crippen LogP contribution in [0.25, 0.3) is 5.82 Å². The van der Waals surface area contributed by atoms with Crippen LogP contribution in [0.3, 0.4) is 0 Å². The lowest BCUT2D eigenvalue weighted by Crippen LogP contribution is -2.09. The highest BCUT2D eigenvalue weighted by atomic mass is 15.3. The average Bonchev–Trinajstić information content (AvgIpc) is 2.72. The molecule has 0 aliphatic carbocycles. The zero-order valence-corrected chi connectivity index (χ0v) is 7.88. The van der Waals surface area contributed by atoms with E-state index in [1.807, 2.05) is 31.4 Å². The first-order valence-electron chi connectivity index (χ1n) is 4.37. The Morgan fingerprint density at radius 3 is 2.86 bits per heavy atom. The molecule has 0 aromatic carbocycles. The first-order chi connectivity index (χ1) is 6.90. The van der Waals surface area contributed by atoms with E-state index in [9.17, 15) is 0 Å². The molecule has 0 fully saturated rings. The van der Waals surface area contributed by atoms with Gasteiger partial charge in [-0.05, 0) is 25.2 Å². The molecule has 0 unspecified atom stereocenters. The summed E-state index contributed by atoms with van der Waals surface area (Å²) in [6, 6.07) is 5.68. The molecular weight excluding hydrogens is 178 g/mol. The molecule has 0 saturated carbocycles. The van der Waals surface area contributed by atoms with E-state index in [1.54, 1.807) is 10.9 Å². The summed E-state index contributed by atoms with van der Waals surface area (Å²) in [5, 5.41) is 15.2. The van der Waals surface area contributed by atoms with Gasteiger partial charge in [-0.2, -0.15) is 10.2 Å². The monoisotopic (exact) mass is 189 g/mol. The molecule has 0 aliphatic heterocycles.